The number of nitrogens with one attached hydrogen (secondary N) is 3. The van der Waals surface area contributed by atoms with Gasteiger partial charge < -0.3 is 36.8 Å². The highest BCUT2D eigenvalue weighted by Crippen LogP contribution is 2.21. The second-order valence-electron chi connectivity index (χ2n) is 10.9. The summed E-state index contributed by atoms with van der Waals surface area (Å²) in [6.07, 6.45) is 0.410. The van der Waals surface area contributed by atoms with Crippen molar-refractivity contribution in [3.63, 3.8) is 0 Å². The zero-order valence-corrected chi connectivity index (χ0v) is 23.9. The Labute approximate surface area is 244 Å². The van der Waals surface area contributed by atoms with Gasteiger partial charge >= 0.3 is 5.97 Å². The van der Waals surface area contributed by atoms with Crippen LogP contribution in [0.3, 0.4) is 0 Å². The largest absolute Gasteiger partial charge is 0.508 e. The minimum atomic E-state index is -1.29. The van der Waals surface area contributed by atoms with Gasteiger partial charge in [0.25, 0.3) is 0 Å². The van der Waals surface area contributed by atoms with Gasteiger partial charge in [-0.05, 0) is 42.5 Å². The average molecular weight is 582 g/mol. The van der Waals surface area contributed by atoms with E-state index < -0.39 is 59.8 Å². The Morgan fingerprint density at radius 2 is 1.45 bits per heavy atom. The lowest BCUT2D eigenvalue weighted by atomic mass is 9.95. The SMILES string of the molecule is CC(C)[C@H](NC(=O)[C@H](C)N)C(=O)N1CCC1C(=O)N[C@@H](Cc1ccccc1)C(=O)N[C@@H](Cc1ccc(O)cc1)C(=O)O. The van der Waals surface area contributed by atoms with E-state index in [4.69, 9.17) is 5.73 Å². The fourth-order valence-electron chi connectivity index (χ4n) is 4.57. The maximum Gasteiger partial charge on any atom is 0.326 e. The summed E-state index contributed by atoms with van der Waals surface area (Å²) in [6, 6.07) is 9.94. The Kier molecular flexibility index (Phi) is 11.0. The zero-order chi connectivity index (χ0) is 31.0. The first-order valence-corrected chi connectivity index (χ1v) is 13.9. The first-order valence-electron chi connectivity index (χ1n) is 13.9. The van der Waals surface area contributed by atoms with Crippen LogP contribution in [-0.2, 0) is 36.8 Å². The van der Waals surface area contributed by atoms with Crippen molar-refractivity contribution in [3.05, 3.63) is 65.7 Å². The molecule has 0 bridgehead atoms. The van der Waals surface area contributed by atoms with Gasteiger partial charge in [0.1, 0.15) is 29.9 Å². The fraction of sp³-hybridized carbons (Fsp3) is 0.433. The smallest absolute Gasteiger partial charge is 0.326 e. The monoisotopic (exact) mass is 581 g/mol. The normalized spacial score (nSPS) is 17.3. The van der Waals surface area contributed by atoms with Gasteiger partial charge in [-0.3, -0.25) is 19.2 Å². The minimum absolute atomic E-state index is 0.0276. The van der Waals surface area contributed by atoms with E-state index in [1.807, 2.05) is 6.07 Å². The van der Waals surface area contributed by atoms with E-state index in [2.05, 4.69) is 16.0 Å². The van der Waals surface area contributed by atoms with Crippen LogP contribution in [0.2, 0.25) is 0 Å². The first kappa shape index (κ1) is 32.1. The third kappa shape index (κ3) is 8.53. The molecule has 0 radical (unpaired) electrons. The molecule has 226 valence electrons. The van der Waals surface area contributed by atoms with Gasteiger partial charge in [0.15, 0.2) is 0 Å². The number of carbonyl (C=O) groups excluding carboxylic acids is 4. The van der Waals surface area contributed by atoms with Crippen LogP contribution in [0.4, 0.5) is 0 Å². The number of carbonyl (C=O) groups is 5. The summed E-state index contributed by atoms with van der Waals surface area (Å²) in [7, 11) is 0. The number of phenols is 1. The molecule has 2 aromatic carbocycles. The van der Waals surface area contributed by atoms with Crippen molar-refractivity contribution in [2.24, 2.45) is 11.7 Å². The van der Waals surface area contributed by atoms with Crippen LogP contribution >= 0.6 is 0 Å². The van der Waals surface area contributed by atoms with Crippen molar-refractivity contribution in [2.45, 2.75) is 70.2 Å². The number of aromatic hydroxyl groups is 1. The summed E-state index contributed by atoms with van der Waals surface area (Å²) in [4.78, 5) is 65.6. The van der Waals surface area contributed by atoms with Crippen molar-refractivity contribution in [1.82, 2.24) is 20.9 Å². The molecule has 42 heavy (non-hydrogen) atoms. The molecule has 3 rings (SSSR count). The topological polar surface area (TPSA) is 191 Å². The third-order valence-corrected chi connectivity index (χ3v) is 7.16. The first-order chi connectivity index (χ1) is 19.9. The molecule has 0 saturated carbocycles. The second kappa shape index (κ2) is 14.4. The Morgan fingerprint density at radius 1 is 0.857 bits per heavy atom. The van der Waals surface area contributed by atoms with E-state index >= 15 is 0 Å². The van der Waals surface area contributed by atoms with Gasteiger partial charge in [-0.2, -0.15) is 0 Å². The average Bonchev–Trinajstić information content (AvgIpc) is 2.91. The molecule has 1 aliphatic heterocycles. The summed E-state index contributed by atoms with van der Waals surface area (Å²) in [5, 5.41) is 27.2. The number of benzene rings is 2. The fourth-order valence-corrected chi connectivity index (χ4v) is 4.57. The molecule has 1 aliphatic rings. The van der Waals surface area contributed by atoms with Crippen LogP contribution in [0, 0.1) is 5.92 Å². The van der Waals surface area contributed by atoms with Crippen LogP contribution in [0.25, 0.3) is 0 Å². The standard InChI is InChI=1S/C30H39N5O7/c1-17(2)25(34-26(37)18(3)31)29(40)35-14-13-24(35)28(39)32-22(15-19-7-5-4-6-8-19)27(38)33-23(30(41)42)16-20-9-11-21(36)12-10-20/h4-12,17-18,22-25,36H,13-16,31H2,1-3H3,(H,32,39)(H,33,38)(H,34,37)(H,41,42)/t18-,22-,23-,24?,25-/m0/s1. The molecule has 1 unspecified atom stereocenters. The van der Waals surface area contributed by atoms with Crippen LogP contribution in [-0.4, -0.2) is 81.5 Å². The molecular weight excluding hydrogens is 542 g/mol. The van der Waals surface area contributed by atoms with Crippen molar-refractivity contribution >= 4 is 29.6 Å². The number of nitrogens with two attached hydrogens (primary N) is 1. The van der Waals surface area contributed by atoms with E-state index in [-0.39, 0.29) is 24.5 Å². The lowest BCUT2D eigenvalue weighted by molar-refractivity contribution is -0.151. The summed E-state index contributed by atoms with van der Waals surface area (Å²) >= 11 is 0. The van der Waals surface area contributed by atoms with Crippen molar-refractivity contribution in [2.75, 3.05) is 6.54 Å². The quantitative estimate of drug-likeness (QED) is 0.195. The molecule has 7 N–H and O–H groups in total. The van der Waals surface area contributed by atoms with E-state index in [0.29, 0.717) is 18.5 Å². The molecule has 12 nitrogen and oxygen atoms in total. The van der Waals surface area contributed by atoms with Crippen LogP contribution in [0.1, 0.15) is 38.3 Å². The lowest BCUT2D eigenvalue weighted by Crippen LogP contribution is -2.65. The lowest BCUT2D eigenvalue weighted by Gasteiger charge is -2.42. The van der Waals surface area contributed by atoms with E-state index in [1.165, 1.54) is 24.0 Å². The van der Waals surface area contributed by atoms with Crippen molar-refractivity contribution in [1.29, 1.82) is 0 Å². The molecule has 12 heteroatoms. The highest BCUT2D eigenvalue weighted by atomic mass is 16.4. The van der Waals surface area contributed by atoms with Gasteiger partial charge in [0, 0.05) is 19.4 Å². The third-order valence-electron chi connectivity index (χ3n) is 7.16. The number of phenolic OH excluding ortho intramolecular Hbond substituents is 1. The Balaban J connectivity index is 1.75. The molecule has 0 aliphatic carbocycles. The van der Waals surface area contributed by atoms with E-state index in [0.717, 1.165) is 5.56 Å². The number of amides is 4. The molecule has 5 atom stereocenters. The molecule has 1 saturated heterocycles. The number of rotatable bonds is 13. The number of hydrogen-bond acceptors (Lipinski definition) is 7. The highest BCUT2D eigenvalue weighted by Gasteiger charge is 2.42. The summed E-state index contributed by atoms with van der Waals surface area (Å²) < 4.78 is 0. The van der Waals surface area contributed by atoms with Gasteiger partial charge in [-0.25, -0.2) is 4.79 Å². The van der Waals surface area contributed by atoms with Gasteiger partial charge in [-0.1, -0.05) is 56.3 Å². The number of hydrogen-bond donors (Lipinski definition) is 6. The second-order valence-corrected chi connectivity index (χ2v) is 10.9. The van der Waals surface area contributed by atoms with Crippen molar-refractivity contribution in [3.8, 4) is 5.75 Å². The van der Waals surface area contributed by atoms with Gasteiger partial charge in [0.05, 0.1) is 6.04 Å². The molecule has 1 heterocycles. The predicted octanol–water partition coefficient (Wildman–Crippen LogP) is 0.321. The maximum absolute atomic E-state index is 13.4. The van der Waals surface area contributed by atoms with Crippen LogP contribution in [0.5, 0.6) is 5.75 Å². The van der Waals surface area contributed by atoms with E-state index in [9.17, 15) is 34.2 Å². The molecular formula is C30H39N5O7. The van der Waals surface area contributed by atoms with Crippen LogP contribution < -0.4 is 21.7 Å². The molecule has 2 aromatic rings. The van der Waals surface area contributed by atoms with Gasteiger partial charge in [-0.15, -0.1) is 0 Å². The number of likely N-dealkylation sites (tertiary alicyclic amines) is 1. The number of carboxylic acids is 1. The van der Waals surface area contributed by atoms with Crippen LogP contribution in [0.15, 0.2) is 54.6 Å². The minimum Gasteiger partial charge on any atom is -0.508 e. The molecule has 0 aromatic heterocycles. The summed E-state index contributed by atoms with van der Waals surface area (Å²) in [5.41, 5.74) is 6.97. The zero-order valence-electron chi connectivity index (χ0n) is 23.9. The van der Waals surface area contributed by atoms with Crippen molar-refractivity contribution < 1.29 is 34.2 Å². The number of aliphatic carboxylic acids is 1. The maximum atomic E-state index is 13.4. The highest BCUT2D eigenvalue weighted by molar-refractivity contribution is 5.96. The molecule has 1 fully saturated rings. The van der Waals surface area contributed by atoms with E-state index in [1.54, 1.807) is 50.2 Å². The Bertz CT molecular complexity index is 1270. The summed E-state index contributed by atoms with van der Waals surface area (Å²) in [6.45, 7) is 5.36. The van der Waals surface area contributed by atoms with Gasteiger partial charge in [0.2, 0.25) is 23.6 Å². The number of nitrogens with zero attached hydrogens (tertiary/aromatic N) is 1. The Morgan fingerprint density at radius 3 is 1.98 bits per heavy atom. The molecule has 4 amide bonds. The summed E-state index contributed by atoms with van der Waals surface area (Å²) in [5.74, 6) is -3.65. The Hall–Kier alpha value is -4.45. The predicted molar refractivity (Wildman–Crippen MR) is 154 cm³/mol. The molecule has 0 spiro atoms. The number of carboxylic acid groups (broad SMARTS) is 1.